The Morgan fingerprint density at radius 1 is 0.525 bits per heavy atom. The molecule has 4 fully saturated rings. The summed E-state index contributed by atoms with van der Waals surface area (Å²) >= 11 is 0. The van der Waals surface area contributed by atoms with Crippen molar-refractivity contribution in [2.75, 3.05) is 32.7 Å². The Balaban J connectivity index is 0.863. The molecule has 0 aromatic heterocycles. The van der Waals surface area contributed by atoms with Crippen molar-refractivity contribution >= 4 is 29.5 Å². The van der Waals surface area contributed by atoms with Gasteiger partial charge in [-0.05, 0) is 61.1 Å². The van der Waals surface area contributed by atoms with Gasteiger partial charge in [0, 0.05) is 67.8 Å². The Hall–Kier alpha value is -4.99. The van der Waals surface area contributed by atoms with Gasteiger partial charge in [-0.25, -0.2) is 0 Å². The molecule has 61 heavy (non-hydrogen) atoms. The van der Waals surface area contributed by atoms with Gasteiger partial charge in [0.1, 0.15) is 0 Å². The van der Waals surface area contributed by atoms with Crippen LogP contribution in [0.3, 0.4) is 0 Å². The lowest BCUT2D eigenvalue weighted by molar-refractivity contribution is -0.133. The van der Waals surface area contributed by atoms with Crippen molar-refractivity contribution in [2.45, 2.75) is 127 Å². The Morgan fingerprint density at radius 3 is 1.44 bits per heavy atom. The smallest absolute Gasteiger partial charge is 0.253 e. The van der Waals surface area contributed by atoms with E-state index in [9.17, 15) is 24.0 Å². The first-order valence-corrected chi connectivity index (χ1v) is 23.5. The predicted molar refractivity (Wildman–Crippen MR) is 239 cm³/mol. The SMILES string of the molecule is CCCCCCCCCCCCCCNC(=O)[C@@H]1CCN(C(=O)c2ccc(C(=O)N3CC(C(=O)N[C@H]4C[C@@H]4c4ccccc4)C(C(=O)N[C@H]4C[C@@H]4c4ccccc4)C3)cc2)C1. The van der Waals surface area contributed by atoms with Crippen molar-refractivity contribution in [1.29, 1.82) is 0 Å². The minimum atomic E-state index is -0.680. The highest BCUT2D eigenvalue weighted by Gasteiger charge is 2.49. The molecule has 2 saturated carbocycles. The molecule has 2 heterocycles. The van der Waals surface area contributed by atoms with E-state index in [-0.39, 0.29) is 72.5 Å². The van der Waals surface area contributed by atoms with Gasteiger partial charge in [0.25, 0.3) is 11.8 Å². The second kappa shape index (κ2) is 21.7. The second-order valence-corrected chi connectivity index (χ2v) is 18.2. The molecule has 4 aliphatic rings. The number of hydrogen-bond donors (Lipinski definition) is 3. The summed E-state index contributed by atoms with van der Waals surface area (Å²) in [5, 5.41) is 9.49. The fourth-order valence-electron chi connectivity index (χ4n) is 9.53. The Labute approximate surface area is 363 Å². The van der Waals surface area contributed by atoms with E-state index in [0.29, 0.717) is 37.2 Å². The molecule has 3 N–H and O–H groups in total. The average molecular weight is 830 g/mol. The van der Waals surface area contributed by atoms with Crippen LogP contribution in [-0.4, -0.2) is 84.1 Å². The number of rotatable bonds is 22. The molecule has 3 aromatic rings. The molecule has 326 valence electrons. The maximum Gasteiger partial charge on any atom is 0.253 e. The molecular weight excluding hydrogens is 763 g/mol. The van der Waals surface area contributed by atoms with Gasteiger partial charge in [-0.15, -0.1) is 0 Å². The lowest BCUT2D eigenvalue weighted by atomic mass is 9.94. The van der Waals surface area contributed by atoms with Crippen LogP contribution in [-0.2, 0) is 14.4 Å². The van der Waals surface area contributed by atoms with Crippen molar-refractivity contribution in [2.24, 2.45) is 17.8 Å². The Kier molecular flexibility index (Phi) is 15.7. The van der Waals surface area contributed by atoms with Gasteiger partial charge in [0.2, 0.25) is 17.7 Å². The number of amides is 5. The quantitative estimate of drug-likeness (QED) is 0.0886. The molecule has 3 aromatic carbocycles. The van der Waals surface area contributed by atoms with Gasteiger partial charge in [-0.2, -0.15) is 0 Å². The van der Waals surface area contributed by atoms with Gasteiger partial charge < -0.3 is 25.8 Å². The summed E-state index contributed by atoms with van der Waals surface area (Å²) in [4.78, 5) is 71.4. The molecule has 10 heteroatoms. The van der Waals surface area contributed by atoms with Crippen LogP contribution in [0.2, 0.25) is 0 Å². The Bertz CT molecular complexity index is 1850. The van der Waals surface area contributed by atoms with E-state index in [1.807, 2.05) is 36.4 Å². The monoisotopic (exact) mass is 830 g/mol. The molecule has 2 aliphatic carbocycles. The molecule has 2 aliphatic heterocycles. The third-order valence-corrected chi connectivity index (χ3v) is 13.5. The summed E-state index contributed by atoms with van der Waals surface area (Å²) in [6.45, 7) is 4.09. The van der Waals surface area contributed by atoms with Crippen LogP contribution in [0.25, 0.3) is 0 Å². The Morgan fingerprint density at radius 2 is 0.967 bits per heavy atom. The number of nitrogens with one attached hydrogen (secondary N) is 3. The zero-order valence-corrected chi connectivity index (χ0v) is 36.2. The second-order valence-electron chi connectivity index (χ2n) is 18.2. The molecule has 0 radical (unpaired) electrons. The topological polar surface area (TPSA) is 128 Å². The van der Waals surface area contributed by atoms with Gasteiger partial charge in [0.15, 0.2) is 0 Å². The first-order chi connectivity index (χ1) is 29.8. The van der Waals surface area contributed by atoms with E-state index in [0.717, 1.165) is 25.7 Å². The molecular formula is C51H67N5O5. The van der Waals surface area contributed by atoms with E-state index in [1.165, 1.54) is 75.3 Å². The van der Waals surface area contributed by atoms with E-state index >= 15 is 0 Å². The van der Waals surface area contributed by atoms with Gasteiger partial charge in [-0.1, -0.05) is 138 Å². The zero-order valence-electron chi connectivity index (χ0n) is 36.2. The van der Waals surface area contributed by atoms with E-state index in [1.54, 1.807) is 34.1 Å². The summed E-state index contributed by atoms with van der Waals surface area (Å²) < 4.78 is 0. The number of carbonyl (C=O) groups excluding carboxylic acids is 5. The van der Waals surface area contributed by atoms with Gasteiger partial charge in [-0.3, -0.25) is 24.0 Å². The third kappa shape index (κ3) is 12.1. The first kappa shape index (κ1) is 44.1. The normalized spacial score (nSPS) is 24.0. The van der Waals surface area contributed by atoms with Crippen LogP contribution < -0.4 is 16.0 Å². The fourth-order valence-corrected chi connectivity index (χ4v) is 9.53. The fraction of sp³-hybridized carbons (Fsp3) is 0.549. The number of nitrogens with zero attached hydrogens (tertiary/aromatic N) is 2. The van der Waals surface area contributed by atoms with E-state index in [2.05, 4.69) is 47.1 Å². The third-order valence-electron chi connectivity index (χ3n) is 13.5. The first-order valence-electron chi connectivity index (χ1n) is 23.5. The summed E-state index contributed by atoms with van der Waals surface area (Å²) in [5.74, 6) is -1.91. The largest absolute Gasteiger partial charge is 0.356 e. The molecule has 0 bridgehead atoms. The maximum absolute atomic E-state index is 13.9. The van der Waals surface area contributed by atoms with Crippen LogP contribution in [0.1, 0.15) is 147 Å². The molecule has 5 amide bonds. The molecule has 7 rings (SSSR count). The number of unbranched alkanes of at least 4 members (excludes halogenated alkanes) is 11. The van der Waals surface area contributed by atoms with Crippen molar-refractivity contribution in [3.8, 4) is 0 Å². The predicted octanol–water partition coefficient (Wildman–Crippen LogP) is 8.00. The van der Waals surface area contributed by atoms with E-state index in [4.69, 9.17) is 0 Å². The van der Waals surface area contributed by atoms with Gasteiger partial charge >= 0.3 is 0 Å². The van der Waals surface area contributed by atoms with Crippen LogP contribution in [0.5, 0.6) is 0 Å². The summed E-state index contributed by atoms with van der Waals surface area (Å²) in [6, 6.07) is 26.9. The number of carbonyl (C=O) groups is 5. The lowest BCUT2D eigenvalue weighted by Gasteiger charge is -2.18. The van der Waals surface area contributed by atoms with Crippen molar-refractivity contribution in [3.63, 3.8) is 0 Å². The van der Waals surface area contributed by atoms with Crippen molar-refractivity contribution in [3.05, 3.63) is 107 Å². The standard InChI is InChI=1S/C51H67N5O5/c1-2-3-4-5-6-7-8-9-10-11-12-19-29-52-47(57)40-28-30-55(33-40)50(60)38-24-26-39(27-25-38)51(61)56-34-43(48(58)53-45-31-41(45)36-20-15-13-16-21-36)44(35-56)49(59)54-46-32-42(46)37-22-17-14-18-23-37/h13-18,20-27,40-46H,2-12,19,28-35H2,1H3,(H,52,57)(H,53,58)(H,54,59)/t40-,41-,42-,43?,44?,45+,46+/m1/s1. The number of hydrogen-bond acceptors (Lipinski definition) is 5. The minimum Gasteiger partial charge on any atom is -0.356 e. The average Bonchev–Trinajstić information content (AvgIpc) is 4.11. The lowest BCUT2D eigenvalue weighted by Crippen LogP contribution is -2.43. The minimum absolute atomic E-state index is 0.00340. The highest BCUT2D eigenvalue weighted by atomic mass is 16.2. The molecule has 2 unspecified atom stereocenters. The maximum atomic E-state index is 13.9. The van der Waals surface area contributed by atoms with Crippen LogP contribution in [0.15, 0.2) is 84.9 Å². The highest BCUT2D eigenvalue weighted by Crippen LogP contribution is 2.42. The van der Waals surface area contributed by atoms with Crippen LogP contribution in [0.4, 0.5) is 0 Å². The molecule has 7 atom stereocenters. The zero-order chi connectivity index (χ0) is 42.6. The highest BCUT2D eigenvalue weighted by molar-refractivity contribution is 5.99. The van der Waals surface area contributed by atoms with Gasteiger partial charge in [0.05, 0.1) is 17.8 Å². The summed E-state index contributed by atoms with van der Waals surface area (Å²) in [7, 11) is 0. The van der Waals surface area contributed by atoms with Crippen molar-refractivity contribution in [1.82, 2.24) is 25.8 Å². The molecule has 10 nitrogen and oxygen atoms in total. The van der Waals surface area contributed by atoms with Crippen LogP contribution in [0, 0.1) is 17.8 Å². The van der Waals surface area contributed by atoms with Crippen molar-refractivity contribution < 1.29 is 24.0 Å². The molecule has 0 spiro atoms. The number of likely N-dealkylation sites (tertiary alicyclic amines) is 2. The summed E-state index contributed by atoms with van der Waals surface area (Å²) in [6.07, 6.45) is 17.7. The van der Waals surface area contributed by atoms with Crippen LogP contribution >= 0.6 is 0 Å². The van der Waals surface area contributed by atoms with E-state index < -0.39 is 11.8 Å². The molecule has 2 saturated heterocycles. The summed E-state index contributed by atoms with van der Waals surface area (Å²) in [5.41, 5.74) is 3.22. The number of benzene rings is 3.